The molecule has 1 fully saturated rings. The van der Waals surface area contributed by atoms with E-state index < -0.39 is 17.9 Å². The molecule has 2 aromatic rings. The Bertz CT molecular complexity index is 694. The maximum absolute atomic E-state index is 12.2. The molecule has 1 N–H and O–H groups in total. The fraction of sp³-hybridized carbons (Fsp3) is 0.438. The van der Waals surface area contributed by atoms with Crippen molar-refractivity contribution in [3.8, 4) is 22.6 Å². The van der Waals surface area contributed by atoms with Gasteiger partial charge >= 0.3 is 6.36 Å². The van der Waals surface area contributed by atoms with Gasteiger partial charge in [0.25, 0.3) is 0 Å². The maximum Gasteiger partial charge on any atom is 0.573 e. The van der Waals surface area contributed by atoms with Crippen LogP contribution in [0.25, 0.3) is 11.1 Å². The number of phenolic OH excluding ortho intramolecular Hbond substituents is 1. The first-order valence-electron chi connectivity index (χ1n) is 7.60. The number of halogens is 3. The number of phenols is 1. The minimum atomic E-state index is -4.84. The van der Waals surface area contributed by atoms with Crippen LogP contribution in [-0.4, -0.2) is 34.5 Å². The molecule has 1 aliphatic heterocycles. The van der Waals surface area contributed by atoms with Crippen molar-refractivity contribution in [2.45, 2.75) is 25.7 Å². The number of ether oxygens (including phenoxy) is 2. The van der Waals surface area contributed by atoms with Crippen LogP contribution >= 0.6 is 0 Å². The molecule has 1 aromatic heterocycles. The largest absolute Gasteiger partial charge is 0.573 e. The van der Waals surface area contributed by atoms with Crippen LogP contribution in [0.2, 0.25) is 0 Å². The van der Waals surface area contributed by atoms with E-state index in [-0.39, 0.29) is 0 Å². The molecular weight excluding hydrogens is 325 g/mol. The van der Waals surface area contributed by atoms with Gasteiger partial charge < -0.3 is 14.6 Å². The number of hydrogen-bond donors (Lipinski definition) is 1. The maximum atomic E-state index is 12.2. The van der Waals surface area contributed by atoms with Gasteiger partial charge in [-0.2, -0.15) is 5.10 Å². The highest BCUT2D eigenvalue weighted by molar-refractivity contribution is 5.65. The molecule has 1 aromatic carbocycles. The van der Waals surface area contributed by atoms with Crippen molar-refractivity contribution < 1.29 is 27.8 Å². The van der Waals surface area contributed by atoms with E-state index in [4.69, 9.17) is 4.74 Å². The third-order valence-electron chi connectivity index (χ3n) is 3.94. The molecule has 0 spiro atoms. The van der Waals surface area contributed by atoms with Gasteiger partial charge in [0, 0.05) is 31.5 Å². The summed E-state index contributed by atoms with van der Waals surface area (Å²) in [6.07, 6.45) is 0.569. The lowest BCUT2D eigenvalue weighted by Gasteiger charge is -2.21. The Balaban J connectivity index is 1.71. The quantitative estimate of drug-likeness (QED) is 0.923. The van der Waals surface area contributed by atoms with Gasteiger partial charge in [0.15, 0.2) is 11.5 Å². The molecule has 0 aliphatic carbocycles. The van der Waals surface area contributed by atoms with Crippen molar-refractivity contribution in [3.63, 3.8) is 0 Å². The van der Waals surface area contributed by atoms with Crippen LogP contribution < -0.4 is 4.74 Å². The summed E-state index contributed by atoms with van der Waals surface area (Å²) in [6.45, 7) is 2.28. The number of aromatic hydroxyl groups is 1. The summed E-state index contributed by atoms with van der Waals surface area (Å²) < 4.78 is 47.5. The van der Waals surface area contributed by atoms with Crippen molar-refractivity contribution in [1.82, 2.24) is 9.78 Å². The zero-order valence-electron chi connectivity index (χ0n) is 12.8. The van der Waals surface area contributed by atoms with Crippen molar-refractivity contribution >= 4 is 0 Å². The smallest absolute Gasteiger partial charge is 0.504 e. The van der Waals surface area contributed by atoms with Crippen molar-refractivity contribution in [3.05, 3.63) is 30.6 Å². The molecule has 130 valence electrons. The number of rotatable bonds is 4. The Kier molecular flexibility index (Phi) is 4.66. The number of hydrogen-bond acceptors (Lipinski definition) is 4. The number of benzene rings is 1. The van der Waals surface area contributed by atoms with E-state index in [1.54, 1.807) is 6.20 Å². The molecule has 1 aliphatic rings. The van der Waals surface area contributed by atoms with Crippen LogP contribution in [0, 0.1) is 5.92 Å². The fourth-order valence-corrected chi connectivity index (χ4v) is 2.71. The fourth-order valence-electron chi connectivity index (χ4n) is 2.71. The van der Waals surface area contributed by atoms with E-state index in [2.05, 4.69) is 9.84 Å². The molecule has 0 unspecified atom stereocenters. The number of aromatic nitrogens is 2. The Morgan fingerprint density at radius 2 is 2.00 bits per heavy atom. The summed E-state index contributed by atoms with van der Waals surface area (Å²) >= 11 is 0. The lowest BCUT2D eigenvalue weighted by molar-refractivity contribution is -0.275. The topological polar surface area (TPSA) is 56.5 Å². The Labute approximate surface area is 136 Å². The van der Waals surface area contributed by atoms with Crippen LogP contribution in [0.4, 0.5) is 13.2 Å². The highest BCUT2D eigenvalue weighted by Gasteiger charge is 2.32. The zero-order chi connectivity index (χ0) is 17.2. The van der Waals surface area contributed by atoms with Gasteiger partial charge in [-0.25, -0.2) is 0 Å². The third-order valence-corrected chi connectivity index (χ3v) is 3.94. The molecule has 1 saturated heterocycles. The standard InChI is InChI=1S/C16H17F3N2O3/c17-16(18,19)24-15-2-1-12(7-14(15)22)13-8-20-21(10-13)9-11-3-5-23-6-4-11/h1-2,7-8,10-11,22H,3-6,9H2. The van der Waals surface area contributed by atoms with Crippen LogP contribution in [0.3, 0.4) is 0 Å². The summed E-state index contributed by atoms with van der Waals surface area (Å²) in [5, 5.41) is 14.0. The lowest BCUT2D eigenvalue weighted by Crippen LogP contribution is -2.20. The zero-order valence-corrected chi connectivity index (χ0v) is 12.8. The molecule has 24 heavy (non-hydrogen) atoms. The van der Waals surface area contributed by atoms with Gasteiger partial charge in [0.05, 0.1) is 6.20 Å². The van der Waals surface area contributed by atoms with E-state index in [1.807, 2.05) is 10.9 Å². The van der Waals surface area contributed by atoms with E-state index >= 15 is 0 Å². The second kappa shape index (κ2) is 6.72. The summed E-state index contributed by atoms with van der Waals surface area (Å²) in [7, 11) is 0. The van der Waals surface area contributed by atoms with E-state index in [0.717, 1.165) is 44.2 Å². The molecule has 2 heterocycles. The summed E-state index contributed by atoms with van der Waals surface area (Å²) in [4.78, 5) is 0. The molecule has 0 saturated carbocycles. The van der Waals surface area contributed by atoms with Crippen LogP contribution in [0.5, 0.6) is 11.5 Å². The SMILES string of the molecule is Oc1cc(-c2cnn(CC3CCOCC3)c2)ccc1OC(F)(F)F. The number of alkyl halides is 3. The van der Waals surface area contributed by atoms with Gasteiger partial charge in [0.2, 0.25) is 0 Å². The average Bonchev–Trinajstić information content (AvgIpc) is 2.97. The summed E-state index contributed by atoms with van der Waals surface area (Å²) in [6, 6.07) is 3.78. The predicted molar refractivity (Wildman–Crippen MR) is 79.6 cm³/mol. The normalized spacial score (nSPS) is 16.3. The summed E-state index contributed by atoms with van der Waals surface area (Å²) in [5.41, 5.74) is 1.29. The number of nitrogens with zero attached hydrogens (tertiary/aromatic N) is 2. The van der Waals surface area contributed by atoms with Crippen molar-refractivity contribution in [1.29, 1.82) is 0 Å². The van der Waals surface area contributed by atoms with Crippen molar-refractivity contribution in [2.24, 2.45) is 5.92 Å². The second-order valence-electron chi connectivity index (χ2n) is 5.74. The minimum absolute atomic E-state index is 0.502. The van der Waals surface area contributed by atoms with Gasteiger partial charge in [0.1, 0.15) is 0 Å². The average molecular weight is 342 g/mol. The predicted octanol–water partition coefficient (Wildman–Crippen LogP) is 3.58. The van der Waals surface area contributed by atoms with Gasteiger partial charge in [-0.3, -0.25) is 4.68 Å². The molecule has 0 radical (unpaired) electrons. The first-order chi connectivity index (χ1) is 11.4. The highest BCUT2D eigenvalue weighted by Crippen LogP contribution is 2.34. The molecular formula is C16H17F3N2O3. The third kappa shape index (κ3) is 4.19. The molecule has 3 rings (SSSR count). The second-order valence-corrected chi connectivity index (χ2v) is 5.74. The monoisotopic (exact) mass is 342 g/mol. The lowest BCUT2D eigenvalue weighted by atomic mass is 10.0. The Hall–Kier alpha value is -2.22. The Morgan fingerprint density at radius 1 is 1.25 bits per heavy atom. The minimum Gasteiger partial charge on any atom is -0.504 e. The molecule has 0 bridgehead atoms. The van der Waals surface area contributed by atoms with Gasteiger partial charge in [-0.1, -0.05) is 6.07 Å². The molecule has 5 nitrogen and oxygen atoms in total. The molecule has 0 atom stereocenters. The molecule has 0 amide bonds. The van der Waals surface area contributed by atoms with Crippen LogP contribution in [0.15, 0.2) is 30.6 Å². The van der Waals surface area contributed by atoms with E-state index in [0.29, 0.717) is 11.5 Å². The van der Waals surface area contributed by atoms with E-state index in [1.165, 1.54) is 12.1 Å². The van der Waals surface area contributed by atoms with E-state index in [9.17, 15) is 18.3 Å². The van der Waals surface area contributed by atoms with Crippen LogP contribution in [0.1, 0.15) is 12.8 Å². The van der Waals surface area contributed by atoms with Gasteiger partial charge in [-0.05, 0) is 36.5 Å². The summed E-state index contributed by atoms with van der Waals surface area (Å²) in [5.74, 6) is -0.690. The first-order valence-corrected chi connectivity index (χ1v) is 7.60. The van der Waals surface area contributed by atoms with Gasteiger partial charge in [-0.15, -0.1) is 13.2 Å². The van der Waals surface area contributed by atoms with Crippen molar-refractivity contribution in [2.75, 3.05) is 13.2 Å². The molecule has 8 heteroatoms. The Morgan fingerprint density at radius 3 is 2.67 bits per heavy atom. The van der Waals surface area contributed by atoms with Crippen LogP contribution in [-0.2, 0) is 11.3 Å². The highest BCUT2D eigenvalue weighted by atomic mass is 19.4. The first kappa shape index (κ1) is 16.6.